The Hall–Kier alpha value is -1.32. The monoisotopic (exact) mass is 266 g/mol. The molecule has 0 aliphatic carbocycles. The number of esters is 1. The molecule has 1 heterocycles. The van der Waals surface area contributed by atoms with Crippen LogP contribution in [-0.4, -0.2) is 23.3 Å². The van der Waals surface area contributed by atoms with Gasteiger partial charge in [0.15, 0.2) is 0 Å². The molecule has 1 rings (SSSR count). The van der Waals surface area contributed by atoms with Gasteiger partial charge in [-0.25, -0.2) is 4.79 Å². The third-order valence-corrected chi connectivity index (χ3v) is 3.40. The zero-order valence-corrected chi connectivity index (χ0v) is 12.2. The number of rotatable bonds is 10. The molecule has 0 saturated carbocycles. The van der Waals surface area contributed by atoms with Gasteiger partial charge in [0.05, 0.1) is 13.3 Å². The first-order valence-electron chi connectivity index (χ1n) is 7.40. The predicted molar refractivity (Wildman–Crippen MR) is 76.2 cm³/mol. The fourth-order valence-corrected chi connectivity index (χ4v) is 2.22. The Labute approximate surface area is 115 Å². The molecular weight excluding hydrogens is 240 g/mol. The number of aryl methyl sites for hydroxylation is 1. The first-order valence-corrected chi connectivity index (χ1v) is 7.40. The summed E-state index contributed by atoms with van der Waals surface area (Å²) in [4.78, 5) is 11.4. The highest BCUT2D eigenvalue weighted by Gasteiger charge is 2.13. The zero-order chi connectivity index (χ0) is 13.9. The lowest BCUT2D eigenvalue weighted by molar-refractivity contribution is 0.0599. The summed E-state index contributed by atoms with van der Waals surface area (Å²) >= 11 is 0. The highest BCUT2D eigenvalue weighted by molar-refractivity contribution is 5.90. The topological polar surface area (TPSA) is 55.0 Å². The van der Waals surface area contributed by atoms with E-state index in [1.54, 1.807) is 6.20 Å². The quantitative estimate of drug-likeness (QED) is 0.516. The number of aromatic amines is 1. The molecule has 0 aromatic carbocycles. The molecule has 0 amide bonds. The standard InChI is InChI=1S/C15H26N2O2/c1-3-4-5-6-7-8-9-10-11-14-13(12-16-17-14)15(18)19-2/h12H,3-11H2,1-2H3,(H,16,17). The maximum atomic E-state index is 11.4. The second-order valence-electron chi connectivity index (χ2n) is 4.98. The Kier molecular flexibility index (Phi) is 7.94. The number of nitrogens with one attached hydrogen (secondary N) is 1. The van der Waals surface area contributed by atoms with Crippen LogP contribution in [0.4, 0.5) is 0 Å². The molecule has 0 saturated heterocycles. The van der Waals surface area contributed by atoms with Crippen molar-refractivity contribution in [2.75, 3.05) is 7.11 Å². The van der Waals surface area contributed by atoms with Gasteiger partial charge in [0.1, 0.15) is 5.56 Å². The van der Waals surface area contributed by atoms with Crippen LogP contribution in [0.15, 0.2) is 6.20 Å². The van der Waals surface area contributed by atoms with Crippen LogP contribution in [-0.2, 0) is 11.2 Å². The Morgan fingerprint density at radius 1 is 1.16 bits per heavy atom. The minimum atomic E-state index is -0.302. The van der Waals surface area contributed by atoms with E-state index in [4.69, 9.17) is 4.74 Å². The van der Waals surface area contributed by atoms with Gasteiger partial charge in [-0.2, -0.15) is 5.10 Å². The van der Waals surface area contributed by atoms with Gasteiger partial charge in [-0.05, 0) is 12.8 Å². The van der Waals surface area contributed by atoms with E-state index in [-0.39, 0.29) is 5.97 Å². The van der Waals surface area contributed by atoms with Gasteiger partial charge in [0.25, 0.3) is 0 Å². The van der Waals surface area contributed by atoms with E-state index in [1.165, 1.54) is 52.1 Å². The summed E-state index contributed by atoms with van der Waals surface area (Å²) in [6, 6.07) is 0. The van der Waals surface area contributed by atoms with E-state index in [9.17, 15) is 4.79 Å². The number of H-pyrrole nitrogens is 1. The Balaban J connectivity index is 2.13. The maximum absolute atomic E-state index is 11.4. The van der Waals surface area contributed by atoms with Crippen LogP contribution in [0.3, 0.4) is 0 Å². The van der Waals surface area contributed by atoms with Crippen molar-refractivity contribution in [1.82, 2.24) is 10.2 Å². The number of carbonyl (C=O) groups excluding carboxylic acids is 1. The number of unbranched alkanes of at least 4 members (excludes halogenated alkanes) is 7. The number of nitrogens with zero attached hydrogens (tertiary/aromatic N) is 1. The van der Waals surface area contributed by atoms with Crippen LogP contribution < -0.4 is 0 Å². The molecule has 0 spiro atoms. The fourth-order valence-electron chi connectivity index (χ4n) is 2.22. The summed E-state index contributed by atoms with van der Waals surface area (Å²) in [5.74, 6) is -0.302. The second kappa shape index (κ2) is 9.59. The highest BCUT2D eigenvalue weighted by atomic mass is 16.5. The van der Waals surface area contributed by atoms with Crippen molar-refractivity contribution in [1.29, 1.82) is 0 Å². The molecule has 0 radical (unpaired) electrons. The molecule has 0 bridgehead atoms. The minimum absolute atomic E-state index is 0.302. The van der Waals surface area contributed by atoms with Crippen LogP contribution in [0.5, 0.6) is 0 Å². The van der Waals surface area contributed by atoms with Gasteiger partial charge in [-0.15, -0.1) is 0 Å². The van der Waals surface area contributed by atoms with Crippen molar-refractivity contribution in [2.45, 2.75) is 64.7 Å². The molecule has 1 N–H and O–H groups in total. The van der Waals surface area contributed by atoms with Crippen molar-refractivity contribution in [2.24, 2.45) is 0 Å². The molecule has 0 atom stereocenters. The third-order valence-electron chi connectivity index (χ3n) is 3.40. The van der Waals surface area contributed by atoms with E-state index < -0.39 is 0 Å². The molecule has 1 aromatic heterocycles. The summed E-state index contributed by atoms with van der Waals surface area (Å²) in [6.07, 6.45) is 12.7. The number of carbonyl (C=O) groups is 1. The first kappa shape index (κ1) is 15.7. The predicted octanol–water partition coefficient (Wildman–Crippen LogP) is 3.88. The lowest BCUT2D eigenvalue weighted by Gasteiger charge is -2.02. The first-order chi connectivity index (χ1) is 9.29. The fraction of sp³-hybridized carbons (Fsp3) is 0.733. The molecule has 0 aliphatic heterocycles. The molecule has 4 nitrogen and oxygen atoms in total. The largest absolute Gasteiger partial charge is 0.465 e. The summed E-state index contributed by atoms with van der Waals surface area (Å²) in [6.45, 7) is 2.24. The van der Waals surface area contributed by atoms with Crippen LogP contribution in [0.1, 0.15) is 74.3 Å². The summed E-state index contributed by atoms with van der Waals surface area (Å²) in [5, 5.41) is 6.80. The molecule has 0 unspecified atom stereocenters. The van der Waals surface area contributed by atoms with Crippen LogP contribution in [0.25, 0.3) is 0 Å². The maximum Gasteiger partial charge on any atom is 0.341 e. The minimum Gasteiger partial charge on any atom is -0.465 e. The summed E-state index contributed by atoms with van der Waals surface area (Å²) < 4.78 is 4.72. The number of aromatic nitrogens is 2. The van der Waals surface area contributed by atoms with Crippen LogP contribution in [0.2, 0.25) is 0 Å². The number of ether oxygens (including phenoxy) is 1. The molecular formula is C15H26N2O2. The van der Waals surface area contributed by atoms with Crippen LogP contribution >= 0.6 is 0 Å². The van der Waals surface area contributed by atoms with Crippen LogP contribution in [0, 0.1) is 0 Å². The smallest absolute Gasteiger partial charge is 0.341 e. The Morgan fingerprint density at radius 3 is 2.42 bits per heavy atom. The normalized spacial score (nSPS) is 10.6. The number of hydrogen-bond donors (Lipinski definition) is 1. The summed E-state index contributed by atoms with van der Waals surface area (Å²) in [5.41, 5.74) is 1.48. The van der Waals surface area contributed by atoms with Crippen molar-refractivity contribution >= 4 is 5.97 Å². The van der Waals surface area contributed by atoms with E-state index in [0.29, 0.717) is 5.56 Å². The van der Waals surface area contributed by atoms with Gasteiger partial charge < -0.3 is 4.74 Å². The molecule has 108 valence electrons. The van der Waals surface area contributed by atoms with E-state index >= 15 is 0 Å². The highest BCUT2D eigenvalue weighted by Crippen LogP contribution is 2.13. The van der Waals surface area contributed by atoms with Gasteiger partial charge in [-0.3, -0.25) is 5.10 Å². The SMILES string of the molecule is CCCCCCCCCCc1[nH]ncc1C(=O)OC. The Bertz CT molecular complexity index is 361. The molecule has 0 fully saturated rings. The van der Waals surface area contributed by atoms with Crippen molar-refractivity contribution in [3.8, 4) is 0 Å². The molecule has 0 aliphatic rings. The number of hydrogen-bond acceptors (Lipinski definition) is 3. The number of methoxy groups -OCH3 is 1. The lowest BCUT2D eigenvalue weighted by atomic mass is 10.1. The van der Waals surface area contributed by atoms with Crippen molar-refractivity contribution in [3.05, 3.63) is 17.5 Å². The average Bonchev–Trinajstić information content (AvgIpc) is 2.89. The van der Waals surface area contributed by atoms with Gasteiger partial charge >= 0.3 is 5.97 Å². The second-order valence-corrected chi connectivity index (χ2v) is 4.98. The van der Waals surface area contributed by atoms with Gasteiger partial charge in [0.2, 0.25) is 0 Å². The lowest BCUT2D eigenvalue weighted by Crippen LogP contribution is -2.03. The van der Waals surface area contributed by atoms with E-state index in [2.05, 4.69) is 17.1 Å². The molecule has 19 heavy (non-hydrogen) atoms. The van der Waals surface area contributed by atoms with E-state index in [0.717, 1.165) is 18.5 Å². The molecule has 4 heteroatoms. The Morgan fingerprint density at radius 2 is 1.79 bits per heavy atom. The van der Waals surface area contributed by atoms with Crippen molar-refractivity contribution < 1.29 is 9.53 Å². The average molecular weight is 266 g/mol. The van der Waals surface area contributed by atoms with Gasteiger partial charge in [-0.1, -0.05) is 51.9 Å². The molecule has 1 aromatic rings. The van der Waals surface area contributed by atoms with E-state index in [1.807, 2.05) is 0 Å². The summed E-state index contributed by atoms with van der Waals surface area (Å²) in [7, 11) is 1.40. The zero-order valence-electron chi connectivity index (χ0n) is 12.2. The van der Waals surface area contributed by atoms with Crippen molar-refractivity contribution in [3.63, 3.8) is 0 Å². The van der Waals surface area contributed by atoms with Gasteiger partial charge in [0, 0.05) is 5.69 Å². The third kappa shape index (κ3) is 5.90.